The summed E-state index contributed by atoms with van der Waals surface area (Å²) in [7, 11) is 0. The molecule has 5 aliphatic rings. The smallest absolute Gasteiger partial charge is 0.173 e. The summed E-state index contributed by atoms with van der Waals surface area (Å²) in [4.78, 5) is 0. The van der Waals surface area contributed by atoms with E-state index in [1.165, 1.54) is 22.3 Å². The predicted molar refractivity (Wildman–Crippen MR) is 119 cm³/mol. The number of nitrogens with zero attached hydrogens (tertiary/aromatic N) is 2. The number of benzene rings is 2. The van der Waals surface area contributed by atoms with Gasteiger partial charge in [0.25, 0.3) is 0 Å². The van der Waals surface area contributed by atoms with E-state index >= 15 is 0 Å². The number of nitrogens with one attached hydrogen (secondary N) is 2. The summed E-state index contributed by atoms with van der Waals surface area (Å²) in [6.07, 6.45) is 8.54. The van der Waals surface area contributed by atoms with Gasteiger partial charge < -0.3 is 44.6 Å². The third-order valence-electron chi connectivity index (χ3n) is 5.52. The molecule has 0 saturated carbocycles. The van der Waals surface area contributed by atoms with Gasteiger partial charge in [0.2, 0.25) is 0 Å². The van der Waals surface area contributed by atoms with Crippen molar-refractivity contribution < 1.29 is 43.1 Å². The van der Waals surface area contributed by atoms with Crippen LogP contribution in [0.5, 0.6) is 0 Å². The fourth-order valence-corrected chi connectivity index (χ4v) is 3.79. The second-order valence-electron chi connectivity index (χ2n) is 7.86. The van der Waals surface area contributed by atoms with Crippen molar-refractivity contribution in [1.29, 1.82) is 0 Å². The van der Waals surface area contributed by atoms with E-state index in [4.69, 9.17) is 0 Å². The number of halogens is 2. The van der Waals surface area contributed by atoms with E-state index in [2.05, 4.69) is 117 Å². The quantitative estimate of drug-likeness (QED) is 0.245. The summed E-state index contributed by atoms with van der Waals surface area (Å²) in [6.45, 7) is 3.36. The van der Waals surface area contributed by atoms with E-state index in [0.29, 0.717) is 0 Å². The summed E-state index contributed by atoms with van der Waals surface area (Å²) < 4.78 is 4.42. The number of fused-ring (bicyclic) bond motifs is 1. The molecule has 4 nitrogen and oxygen atoms in total. The lowest BCUT2D eigenvalue weighted by atomic mass is 10.1. The van der Waals surface area contributed by atoms with E-state index in [1.54, 1.807) is 0 Å². The van der Waals surface area contributed by atoms with E-state index in [9.17, 15) is 0 Å². The van der Waals surface area contributed by atoms with Gasteiger partial charge in [0, 0.05) is 59.9 Å². The van der Waals surface area contributed by atoms with Crippen molar-refractivity contribution >= 4 is 11.4 Å². The van der Waals surface area contributed by atoms with Crippen molar-refractivity contribution in [3.8, 4) is 0 Å². The molecule has 5 aliphatic heterocycles. The van der Waals surface area contributed by atoms with Gasteiger partial charge in [-0.15, -0.1) is 0 Å². The maximum Gasteiger partial charge on any atom is 0.173 e. The molecule has 4 aromatic rings. The summed E-state index contributed by atoms with van der Waals surface area (Å²) in [5.74, 6) is 0. The molecule has 2 N–H and O–H groups in total. The normalized spacial score (nSPS) is 12.5. The van der Waals surface area contributed by atoms with Crippen molar-refractivity contribution in [2.45, 2.75) is 26.2 Å². The Kier molecular flexibility index (Phi) is 8.42. The van der Waals surface area contributed by atoms with Crippen LogP contribution in [-0.4, -0.2) is 0 Å². The Morgan fingerprint density at radius 3 is 1.31 bits per heavy atom. The van der Waals surface area contributed by atoms with Gasteiger partial charge in [-0.3, -0.25) is 0 Å². The molecule has 32 heavy (non-hydrogen) atoms. The fraction of sp³-hybridized carbons (Fsp3) is 0.154. The molecule has 0 fully saturated rings. The van der Waals surface area contributed by atoms with Gasteiger partial charge in [0.05, 0.1) is 0 Å². The summed E-state index contributed by atoms with van der Waals surface area (Å²) in [5, 5.41) is 7.06. The highest BCUT2D eigenvalue weighted by molar-refractivity contribution is 5.43. The second-order valence-corrected chi connectivity index (χ2v) is 7.86. The number of aromatic nitrogens is 2. The van der Waals surface area contributed by atoms with Crippen LogP contribution < -0.4 is 53.7 Å². The lowest BCUT2D eigenvalue weighted by molar-refractivity contribution is -0.688. The van der Waals surface area contributed by atoms with Gasteiger partial charge >= 0.3 is 0 Å². The largest absolute Gasteiger partial charge is 1.00 e. The number of hydrogen-bond donors (Lipinski definition) is 2. The zero-order valence-electron chi connectivity index (χ0n) is 17.7. The van der Waals surface area contributed by atoms with Gasteiger partial charge in [-0.25, -0.2) is 9.13 Å². The summed E-state index contributed by atoms with van der Waals surface area (Å²) in [6, 6.07) is 26.2. The van der Waals surface area contributed by atoms with Gasteiger partial charge in [-0.05, 0) is 11.1 Å². The highest BCUT2D eigenvalue weighted by Gasteiger charge is 2.07. The molecule has 6 heteroatoms. The minimum atomic E-state index is 0. The summed E-state index contributed by atoms with van der Waals surface area (Å²) in [5.41, 5.74) is 7.43. The van der Waals surface area contributed by atoms with Crippen molar-refractivity contribution in [2.24, 2.45) is 0 Å². The van der Waals surface area contributed by atoms with Crippen LogP contribution in [0.4, 0.5) is 11.4 Å². The van der Waals surface area contributed by atoms with Crippen molar-refractivity contribution in [3.63, 3.8) is 0 Å². The fourth-order valence-electron chi connectivity index (χ4n) is 3.79. The Balaban J connectivity index is 0.00000144. The van der Waals surface area contributed by atoms with E-state index in [0.717, 1.165) is 37.6 Å². The lowest BCUT2D eigenvalue weighted by Crippen LogP contribution is -3.00. The van der Waals surface area contributed by atoms with Crippen LogP contribution >= 0.6 is 0 Å². The first-order valence-corrected chi connectivity index (χ1v) is 10.4. The molecule has 0 aliphatic carbocycles. The molecule has 8 bridgehead atoms. The summed E-state index contributed by atoms with van der Waals surface area (Å²) >= 11 is 0. The van der Waals surface area contributed by atoms with Crippen molar-refractivity contribution in [2.75, 3.05) is 10.6 Å². The second kappa shape index (κ2) is 11.2. The molecule has 7 heterocycles. The van der Waals surface area contributed by atoms with Crippen LogP contribution in [0.1, 0.15) is 22.3 Å². The minimum Gasteiger partial charge on any atom is -1.00 e. The first-order valence-electron chi connectivity index (χ1n) is 10.4. The first-order chi connectivity index (χ1) is 14.8. The maximum atomic E-state index is 3.53. The lowest BCUT2D eigenvalue weighted by Gasteiger charge is -2.09. The van der Waals surface area contributed by atoms with E-state index < -0.39 is 0 Å². The predicted octanol–water partition coefficient (Wildman–Crippen LogP) is -2.10. The monoisotopic (exact) mass is 552 g/mol. The molecule has 0 atom stereocenters. The van der Waals surface area contributed by atoms with Gasteiger partial charge in [-0.2, -0.15) is 0 Å². The van der Waals surface area contributed by atoms with E-state index in [1.807, 2.05) is 0 Å². The minimum absolute atomic E-state index is 0. The third-order valence-corrected chi connectivity index (χ3v) is 5.52. The molecular weight excluding hydrogens is 528 g/mol. The number of rotatable bonds is 0. The van der Waals surface area contributed by atoms with Crippen molar-refractivity contribution in [3.05, 3.63) is 120 Å². The standard InChI is InChI=1S/C26H24N4.2BrH/c1-2-23-16-24(3-1)18-28-26-10-14-30(15-11-26)20-22-6-4-21(5-7-22)19-29-12-8-25(9-13-29)27-17-23;;/h1-16H,17-20H2;2*1H. The van der Waals surface area contributed by atoms with Crippen LogP contribution in [0.25, 0.3) is 0 Å². The molecule has 0 radical (unpaired) electrons. The average molecular weight is 554 g/mol. The van der Waals surface area contributed by atoms with Crippen LogP contribution in [-0.2, 0) is 26.2 Å². The van der Waals surface area contributed by atoms with Crippen LogP contribution in [0.2, 0.25) is 0 Å². The first kappa shape index (κ1) is 24.0. The van der Waals surface area contributed by atoms with E-state index in [-0.39, 0.29) is 34.0 Å². The van der Waals surface area contributed by atoms with Crippen LogP contribution in [0.3, 0.4) is 0 Å². The molecule has 0 amide bonds. The molecule has 164 valence electrons. The van der Waals surface area contributed by atoms with Gasteiger partial charge in [0.15, 0.2) is 37.9 Å². The van der Waals surface area contributed by atoms with Crippen LogP contribution in [0, 0.1) is 0 Å². The van der Waals surface area contributed by atoms with Gasteiger partial charge in [0.1, 0.15) is 0 Å². The van der Waals surface area contributed by atoms with Crippen molar-refractivity contribution in [1.82, 2.24) is 0 Å². The average Bonchev–Trinajstić information content (AvgIpc) is 2.79. The third kappa shape index (κ3) is 6.17. The zero-order chi connectivity index (χ0) is 20.2. The SMILES string of the molecule is [Br-].[Br-].c1cc2cc(c1)CNc1cc[n+](cc1)Cc1ccc(cc1)C[n+]1ccc(cc1)NC2. The number of hydrogen-bond acceptors (Lipinski definition) is 2. The highest BCUT2D eigenvalue weighted by atomic mass is 79.9. The number of pyridine rings is 2. The highest BCUT2D eigenvalue weighted by Crippen LogP contribution is 2.12. The Hall–Kier alpha value is -2.70. The molecule has 2 aromatic carbocycles. The molecule has 0 unspecified atom stereocenters. The Morgan fingerprint density at radius 2 is 0.906 bits per heavy atom. The topological polar surface area (TPSA) is 31.8 Å². The Labute approximate surface area is 210 Å². The maximum absolute atomic E-state index is 3.53. The molecule has 9 rings (SSSR count). The molecule has 2 aromatic heterocycles. The Morgan fingerprint density at radius 1 is 0.500 bits per heavy atom. The molecule has 0 spiro atoms. The van der Waals surface area contributed by atoms with Crippen LogP contribution in [0.15, 0.2) is 97.6 Å². The van der Waals surface area contributed by atoms with Gasteiger partial charge in [-0.1, -0.05) is 48.5 Å². The molecular formula is C26H26Br2N4. The molecule has 0 saturated heterocycles. The Bertz CT molecular complexity index is 1040. The number of anilines is 2. The zero-order valence-corrected chi connectivity index (χ0v) is 20.9.